The first kappa shape index (κ1) is 18.3. The van der Waals surface area contributed by atoms with E-state index in [9.17, 15) is 13.6 Å². The normalized spacial score (nSPS) is 12.8. The van der Waals surface area contributed by atoms with Gasteiger partial charge in [0, 0.05) is 17.5 Å². The summed E-state index contributed by atoms with van der Waals surface area (Å²) in [4.78, 5) is 12.3. The Bertz CT molecular complexity index is 526. The lowest BCUT2D eigenvalue weighted by Crippen LogP contribution is -2.44. The molecular formula is C18H25F2NO. The largest absolute Gasteiger partial charge is 0.351 e. The molecule has 0 aliphatic rings. The second-order valence-electron chi connectivity index (χ2n) is 6.91. The third-order valence-corrected chi connectivity index (χ3v) is 3.17. The molecule has 0 spiro atoms. The SMILES string of the molecule is C=C(C)CC(CCc1cc(F)cc(F)c1)C(=O)NC(C)(C)C. The minimum absolute atomic E-state index is 0.0487. The molecule has 122 valence electrons. The van der Waals surface area contributed by atoms with Gasteiger partial charge in [-0.05, 0) is 64.7 Å². The molecule has 1 unspecified atom stereocenters. The van der Waals surface area contributed by atoms with Crippen LogP contribution in [0.25, 0.3) is 0 Å². The summed E-state index contributed by atoms with van der Waals surface area (Å²) in [7, 11) is 0. The second kappa shape index (κ2) is 7.52. The summed E-state index contributed by atoms with van der Waals surface area (Å²) in [5.41, 5.74) is 1.17. The van der Waals surface area contributed by atoms with Gasteiger partial charge in [0.05, 0.1) is 0 Å². The number of halogens is 2. The molecule has 1 aromatic carbocycles. The molecule has 1 amide bonds. The summed E-state index contributed by atoms with van der Waals surface area (Å²) in [5.74, 6) is -1.48. The molecule has 22 heavy (non-hydrogen) atoms. The summed E-state index contributed by atoms with van der Waals surface area (Å²) < 4.78 is 26.4. The van der Waals surface area contributed by atoms with Crippen LogP contribution in [-0.2, 0) is 11.2 Å². The van der Waals surface area contributed by atoms with Crippen LogP contribution in [0.2, 0.25) is 0 Å². The Morgan fingerprint density at radius 1 is 1.23 bits per heavy atom. The molecule has 4 heteroatoms. The third kappa shape index (κ3) is 6.83. The van der Waals surface area contributed by atoms with E-state index in [1.54, 1.807) is 0 Å². The molecule has 0 aromatic heterocycles. The Balaban J connectivity index is 2.76. The van der Waals surface area contributed by atoms with Crippen molar-refractivity contribution in [1.82, 2.24) is 5.32 Å². The lowest BCUT2D eigenvalue weighted by Gasteiger charge is -2.25. The highest BCUT2D eigenvalue weighted by Gasteiger charge is 2.22. The van der Waals surface area contributed by atoms with E-state index < -0.39 is 11.6 Å². The summed E-state index contributed by atoms with van der Waals surface area (Å²) in [6.07, 6.45) is 1.54. The number of aryl methyl sites for hydroxylation is 1. The number of carbonyl (C=O) groups is 1. The van der Waals surface area contributed by atoms with Gasteiger partial charge >= 0.3 is 0 Å². The van der Waals surface area contributed by atoms with Gasteiger partial charge in [-0.1, -0.05) is 5.57 Å². The number of allylic oxidation sites excluding steroid dienone is 1. The number of amides is 1. The van der Waals surface area contributed by atoms with E-state index in [0.29, 0.717) is 24.8 Å². The van der Waals surface area contributed by atoms with Gasteiger partial charge < -0.3 is 5.32 Å². The Labute approximate surface area is 131 Å². The van der Waals surface area contributed by atoms with Gasteiger partial charge in [0.2, 0.25) is 5.91 Å². The number of benzene rings is 1. The highest BCUT2D eigenvalue weighted by molar-refractivity contribution is 5.79. The number of carbonyl (C=O) groups excluding carboxylic acids is 1. The molecule has 0 aliphatic heterocycles. The molecule has 1 rings (SSSR count). The maximum atomic E-state index is 13.2. The van der Waals surface area contributed by atoms with Gasteiger partial charge in [-0.25, -0.2) is 8.78 Å². The molecule has 0 bridgehead atoms. The van der Waals surface area contributed by atoms with Crippen LogP contribution in [0.3, 0.4) is 0 Å². The van der Waals surface area contributed by atoms with Crippen LogP contribution in [0.1, 0.15) is 46.1 Å². The van der Waals surface area contributed by atoms with Crippen molar-refractivity contribution in [3.63, 3.8) is 0 Å². The number of nitrogens with one attached hydrogen (secondary N) is 1. The van der Waals surface area contributed by atoms with E-state index in [4.69, 9.17) is 0 Å². The van der Waals surface area contributed by atoms with Crippen LogP contribution in [0.5, 0.6) is 0 Å². The van der Waals surface area contributed by atoms with Crippen LogP contribution in [-0.4, -0.2) is 11.4 Å². The van der Waals surface area contributed by atoms with Crippen molar-refractivity contribution in [2.75, 3.05) is 0 Å². The van der Waals surface area contributed by atoms with Gasteiger partial charge in [-0.3, -0.25) is 4.79 Å². The number of rotatable bonds is 6. The highest BCUT2D eigenvalue weighted by Crippen LogP contribution is 2.20. The van der Waals surface area contributed by atoms with Crippen LogP contribution < -0.4 is 5.32 Å². The third-order valence-electron chi connectivity index (χ3n) is 3.17. The summed E-state index contributed by atoms with van der Waals surface area (Å²) >= 11 is 0. The minimum Gasteiger partial charge on any atom is -0.351 e. The molecule has 0 saturated heterocycles. The zero-order valence-corrected chi connectivity index (χ0v) is 13.8. The van der Waals surface area contributed by atoms with Crippen molar-refractivity contribution in [2.45, 2.75) is 52.5 Å². The van der Waals surface area contributed by atoms with Crippen LogP contribution in [0.15, 0.2) is 30.4 Å². The standard InChI is InChI=1S/C18H25F2NO/c1-12(2)8-14(17(22)21-18(3,4)5)7-6-13-9-15(19)11-16(20)10-13/h9-11,14H,1,6-8H2,2-5H3,(H,21,22). The zero-order valence-electron chi connectivity index (χ0n) is 13.8. The Hall–Kier alpha value is -1.71. The van der Waals surface area contributed by atoms with E-state index >= 15 is 0 Å². The van der Waals surface area contributed by atoms with Gasteiger partial charge in [0.15, 0.2) is 0 Å². The maximum absolute atomic E-state index is 13.2. The monoisotopic (exact) mass is 309 g/mol. The van der Waals surface area contributed by atoms with Gasteiger partial charge in [-0.2, -0.15) is 0 Å². The molecule has 0 heterocycles. The Morgan fingerprint density at radius 2 is 1.77 bits per heavy atom. The van der Waals surface area contributed by atoms with E-state index in [-0.39, 0.29) is 17.4 Å². The van der Waals surface area contributed by atoms with E-state index in [2.05, 4.69) is 11.9 Å². The molecular weight excluding hydrogens is 284 g/mol. The smallest absolute Gasteiger partial charge is 0.223 e. The molecule has 0 saturated carbocycles. The van der Waals surface area contributed by atoms with Crippen molar-refractivity contribution in [1.29, 1.82) is 0 Å². The Morgan fingerprint density at radius 3 is 2.23 bits per heavy atom. The Kier molecular flexibility index (Phi) is 6.27. The summed E-state index contributed by atoms with van der Waals surface area (Å²) in [6, 6.07) is 3.46. The van der Waals surface area contributed by atoms with Crippen molar-refractivity contribution in [3.05, 3.63) is 47.5 Å². The van der Waals surface area contributed by atoms with E-state index in [1.165, 1.54) is 12.1 Å². The van der Waals surface area contributed by atoms with E-state index in [1.807, 2.05) is 27.7 Å². The fourth-order valence-corrected chi connectivity index (χ4v) is 2.31. The topological polar surface area (TPSA) is 29.1 Å². The molecule has 1 atom stereocenters. The first-order valence-corrected chi connectivity index (χ1v) is 7.48. The quantitative estimate of drug-likeness (QED) is 0.776. The maximum Gasteiger partial charge on any atom is 0.223 e. The minimum atomic E-state index is -0.592. The van der Waals surface area contributed by atoms with Gasteiger partial charge in [0.25, 0.3) is 0 Å². The first-order valence-electron chi connectivity index (χ1n) is 7.48. The first-order chi connectivity index (χ1) is 10.1. The predicted molar refractivity (Wildman–Crippen MR) is 85.5 cm³/mol. The molecule has 2 nitrogen and oxygen atoms in total. The van der Waals surface area contributed by atoms with E-state index in [0.717, 1.165) is 11.6 Å². The molecule has 0 aliphatic carbocycles. The fraction of sp³-hybridized carbons (Fsp3) is 0.500. The lowest BCUT2D eigenvalue weighted by molar-refractivity contribution is -0.126. The average Bonchev–Trinajstić information content (AvgIpc) is 2.30. The molecule has 1 N–H and O–H groups in total. The van der Waals surface area contributed by atoms with Crippen molar-refractivity contribution in [3.8, 4) is 0 Å². The van der Waals surface area contributed by atoms with Crippen molar-refractivity contribution in [2.24, 2.45) is 5.92 Å². The molecule has 0 fully saturated rings. The molecule has 0 radical (unpaired) electrons. The lowest BCUT2D eigenvalue weighted by atomic mass is 9.92. The zero-order chi connectivity index (χ0) is 16.9. The predicted octanol–water partition coefficient (Wildman–Crippen LogP) is 4.39. The summed E-state index contributed by atoms with van der Waals surface area (Å²) in [6.45, 7) is 11.5. The van der Waals surface area contributed by atoms with Gasteiger partial charge in [0.1, 0.15) is 11.6 Å². The molecule has 1 aromatic rings. The van der Waals surface area contributed by atoms with Crippen LogP contribution in [0.4, 0.5) is 8.78 Å². The number of hydrogen-bond acceptors (Lipinski definition) is 1. The summed E-state index contributed by atoms with van der Waals surface area (Å²) in [5, 5.41) is 2.96. The average molecular weight is 309 g/mol. The van der Waals surface area contributed by atoms with Crippen LogP contribution in [0, 0.1) is 17.6 Å². The number of hydrogen-bond donors (Lipinski definition) is 1. The van der Waals surface area contributed by atoms with Gasteiger partial charge in [-0.15, -0.1) is 6.58 Å². The van der Waals surface area contributed by atoms with Crippen molar-refractivity contribution >= 4 is 5.91 Å². The fourth-order valence-electron chi connectivity index (χ4n) is 2.31. The van der Waals surface area contributed by atoms with Crippen molar-refractivity contribution < 1.29 is 13.6 Å². The second-order valence-corrected chi connectivity index (χ2v) is 6.91. The van der Waals surface area contributed by atoms with Crippen LogP contribution >= 0.6 is 0 Å². The highest BCUT2D eigenvalue weighted by atomic mass is 19.1.